The second-order valence-corrected chi connectivity index (χ2v) is 7.67. The molecule has 2 rings (SSSR count). The summed E-state index contributed by atoms with van der Waals surface area (Å²) < 4.78 is 0. The molecular weight excluding hydrogens is 300 g/mol. The van der Waals surface area contributed by atoms with Gasteiger partial charge in [0.25, 0.3) is 0 Å². The molecule has 2 atom stereocenters. The summed E-state index contributed by atoms with van der Waals surface area (Å²) >= 11 is 0. The van der Waals surface area contributed by atoms with Crippen molar-refractivity contribution in [3.05, 3.63) is 34.9 Å². The van der Waals surface area contributed by atoms with Crippen LogP contribution in [0.5, 0.6) is 0 Å². The van der Waals surface area contributed by atoms with Crippen LogP contribution in [0, 0.1) is 19.8 Å². The number of likely N-dealkylation sites (N-methyl/N-ethyl adjacent to an activating group) is 1. The number of benzene rings is 1. The summed E-state index contributed by atoms with van der Waals surface area (Å²) in [6.07, 6.45) is 1.69. The zero-order chi connectivity index (χ0) is 17.7. The fourth-order valence-electron chi connectivity index (χ4n) is 3.61. The van der Waals surface area contributed by atoms with E-state index in [1.165, 1.54) is 24.0 Å². The fourth-order valence-corrected chi connectivity index (χ4v) is 3.61. The lowest BCUT2D eigenvalue weighted by molar-refractivity contribution is 0.0806. The fraction of sp³-hybridized carbons (Fsp3) is 0.700. The summed E-state index contributed by atoms with van der Waals surface area (Å²) in [7, 11) is 2.10. The third-order valence-corrected chi connectivity index (χ3v) is 5.20. The minimum atomic E-state index is -0.426. The Morgan fingerprint density at radius 2 is 1.83 bits per heavy atom. The van der Waals surface area contributed by atoms with Gasteiger partial charge in [0.05, 0.1) is 12.2 Å². The van der Waals surface area contributed by atoms with Crippen LogP contribution < -0.4 is 0 Å². The Morgan fingerprint density at radius 1 is 1.17 bits per heavy atom. The summed E-state index contributed by atoms with van der Waals surface area (Å²) in [5, 5.41) is 20.0. The van der Waals surface area contributed by atoms with Gasteiger partial charge < -0.3 is 20.0 Å². The lowest BCUT2D eigenvalue weighted by Gasteiger charge is -2.34. The van der Waals surface area contributed by atoms with Crippen LogP contribution in [0.2, 0.25) is 0 Å². The van der Waals surface area contributed by atoms with Crippen LogP contribution in [0.3, 0.4) is 0 Å². The van der Waals surface area contributed by atoms with E-state index in [0.29, 0.717) is 12.5 Å². The first-order valence-corrected chi connectivity index (χ1v) is 9.19. The number of aliphatic hydroxyl groups excluding tert-OH is 2. The normalized spacial score (nSPS) is 19.6. The molecular formula is C20H34N2O2. The highest BCUT2D eigenvalue weighted by Crippen LogP contribution is 2.21. The molecule has 24 heavy (non-hydrogen) atoms. The smallest absolute Gasteiger partial charge is 0.0916 e. The number of rotatable bonds is 7. The maximum Gasteiger partial charge on any atom is 0.0916 e. The minimum absolute atomic E-state index is 0.239. The van der Waals surface area contributed by atoms with Crippen molar-refractivity contribution < 1.29 is 10.2 Å². The highest BCUT2D eigenvalue weighted by Gasteiger charge is 2.22. The Kier molecular flexibility index (Phi) is 7.23. The van der Waals surface area contributed by atoms with E-state index >= 15 is 0 Å². The Balaban J connectivity index is 1.77. The van der Waals surface area contributed by atoms with Gasteiger partial charge in [0.2, 0.25) is 0 Å². The van der Waals surface area contributed by atoms with Crippen molar-refractivity contribution in [1.82, 2.24) is 9.80 Å². The van der Waals surface area contributed by atoms with Crippen molar-refractivity contribution in [2.75, 3.05) is 39.8 Å². The van der Waals surface area contributed by atoms with Crippen molar-refractivity contribution >= 4 is 0 Å². The number of hydrogen-bond donors (Lipinski definition) is 2. The molecule has 2 unspecified atom stereocenters. The van der Waals surface area contributed by atoms with Crippen LogP contribution in [0.25, 0.3) is 0 Å². The first kappa shape index (κ1) is 19.4. The Bertz CT molecular complexity index is 510. The standard InChI is InChI=1S/C20H34N2O2/c1-15-5-6-19(11-16(15)2)20(24)14-21(4)13-18-7-9-22(10-8-18)12-17(3)23/h5-6,11,17-18,20,23-24H,7-10,12-14H2,1-4H3. The van der Waals surface area contributed by atoms with Gasteiger partial charge in [-0.25, -0.2) is 0 Å². The molecule has 1 heterocycles. The predicted octanol–water partition coefficient (Wildman–Crippen LogP) is 2.36. The first-order valence-electron chi connectivity index (χ1n) is 9.19. The maximum atomic E-state index is 10.5. The van der Waals surface area contributed by atoms with Gasteiger partial charge >= 0.3 is 0 Å². The van der Waals surface area contributed by atoms with Gasteiger partial charge in [0.15, 0.2) is 0 Å². The van der Waals surface area contributed by atoms with Crippen LogP contribution >= 0.6 is 0 Å². The van der Waals surface area contributed by atoms with Crippen LogP contribution in [-0.2, 0) is 0 Å². The van der Waals surface area contributed by atoms with Crippen molar-refractivity contribution in [2.45, 2.75) is 45.8 Å². The molecule has 1 aliphatic rings. The summed E-state index contributed by atoms with van der Waals surface area (Å²) in [5.41, 5.74) is 3.51. The average Bonchev–Trinajstić information content (AvgIpc) is 2.51. The summed E-state index contributed by atoms with van der Waals surface area (Å²) in [5.74, 6) is 0.687. The highest BCUT2D eigenvalue weighted by molar-refractivity contribution is 5.31. The monoisotopic (exact) mass is 334 g/mol. The van der Waals surface area contributed by atoms with Gasteiger partial charge in [0.1, 0.15) is 0 Å². The highest BCUT2D eigenvalue weighted by atomic mass is 16.3. The van der Waals surface area contributed by atoms with Gasteiger partial charge in [-0.3, -0.25) is 0 Å². The van der Waals surface area contributed by atoms with Crippen molar-refractivity contribution in [1.29, 1.82) is 0 Å². The van der Waals surface area contributed by atoms with Crippen molar-refractivity contribution in [3.8, 4) is 0 Å². The molecule has 4 nitrogen and oxygen atoms in total. The predicted molar refractivity (Wildman–Crippen MR) is 99.2 cm³/mol. The molecule has 0 aromatic heterocycles. The van der Waals surface area contributed by atoms with E-state index in [0.717, 1.165) is 31.7 Å². The van der Waals surface area contributed by atoms with Crippen LogP contribution in [0.4, 0.5) is 0 Å². The Morgan fingerprint density at radius 3 is 2.42 bits per heavy atom. The molecule has 1 aliphatic heterocycles. The molecule has 0 bridgehead atoms. The Labute approximate surface area is 147 Å². The number of piperidine rings is 1. The molecule has 0 amide bonds. The number of hydrogen-bond acceptors (Lipinski definition) is 4. The third-order valence-electron chi connectivity index (χ3n) is 5.20. The molecule has 0 spiro atoms. The van der Waals surface area contributed by atoms with E-state index in [-0.39, 0.29) is 6.10 Å². The quantitative estimate of drug-likeness (QED) is 0.804. The summed E-state index contributed by atoms with van der Waals surface area (Å²) in [6.45, 7) is 10.7. The van der Waals surface area contributed by atoms with Gasteiger partial charge in [-0.2, -0.15) is 0 Å². The second kappa shape index (κ2) is 8.95. The molecule has 0 saturated carbocycles. The van der Waals surface area contributed by atoms with E-state index in [2.05, 4.69) is 42.8 Å². The largest absolute Gasteiger partial charge is 0.392 e. The molecule has 2 N–H and O–H groups in total. The number of likely N-dealkylation sites (tertiary alicyclic amines) is 1. The molecule has 136 valence electrons. The topological polar surface area (TPSA) is 46.9 Å². The van der Waals surface area contributed by atoms with Gasteiger partial charge in [-0.1, -0.05) is 18.2 Å². The third kappa shape index (κ3) is 5.85. The van der Waals surface area contributed by atoms with E-state index in [4.69, 9.17) is 0 Å². The molecule has 1 aromatic carbocycles. The van der Waals surface area contributed by atoms with Crippen molar-refractivity contribution in [2.24, 2.45) is 5.92 Å². The lowest BCUT2D eigenvalue weighted by atomic mass is 9.95. The van der Waals surface area contributed by atoms with Crippen LogP contribution in [0.15, 0.2) is 18.2 Å². The number of aryl methyl sites for hydroxylation is 2. The lowest BCUT2D eigenvalue weighted by Crippen LogP contribution is -2.41. The van der Waals surface area contributed by atoms with Gasteiger partial charge in [-0.15, -0.1) is 0 Å². The van der Waals surface area contributed by atoms with Crippen molar-refractivity contribution in [3.63, 3.8) is 0 Å². The van der Waals surface area contributed by atoms with Crippen LogP contribution in [-0.4, -0.2) is 65.9 Å². The zero-order valence-corrected chi connectivity index (χ0v) is 15.7. The molecule has 0 aliphatic carbocycles. The van der Waals surface area contributed by atoms with E-state index in [1.807, 2.05) is 13.0 Å². The number of β-amino-alcohol motifs (C(OH)–C–C–N with tert-alkyl or cyclic N) is 1. The first-order chi connectivity index (χ1) is 11.3. The second-order valence-electron chi connectivity index (χ2n) is 7.67. The average molecular weight is 335 g/mol. The Hall–Kier alpha value is -0.940. The summed E-state index contributed by atoms with van der Waals surface area (Å²) in [6, 6.07) is 6.23. The minimum Gasteiger partial charge on any atom is -0.392 e. The molecule has 4 heteroatoms. The molecule has 1 fully saturated rings. The van der Waals surface area contributed by atoms with Gasteiger partial charge in [-0.05, 0) is 76.4 Å². The van der Waals surface area contributed by atoms with E-state index < -0.39 is 6.10 Å². The molecule has 0 radical (unpaired) electrons. The maximum absolute atomic E-state index is 10.5. The number of nitrogens with zero attached hydrogens (tertiary/aromatic N) is 2. The summed E-state index contributed by atoms with van der Waals surface area (Å²) in [4.78, 5) is 4.61. The van der Waals surface area contributed by atoms with E-state index in [1.54, 1.807) is 0 Å². The SMILES string of the molecule is Cc1ccc(C(O)CN(C)CC2CCN(CC(C)O)CC2)cc1C. The zero-order valence-electron chi connectivity index (χ0n) is 15.7. The van der Waals surface area contributed by atoms with Gasteiger partial charge in [0, 0.05) is 19.6 Å². The molecule has 1 aromatic rings. The van der Waals surface area contributed by atoms with Crippen LogP contribution in [0.1, 0.15) is 42.6 Å². The number of aliphatic hydroxyl groups is 2. The van der Waals surface area contributed by atoms with E-state index in [9.17, 15) is 10.2 Å². The molecule has 1 saturated heterocycles.